The van der Waals surface area contributed by atoms with Crippen LogP contribution in [0.2, 0.25) is 0 Å². The predicted molar refractivity (Wildman–Crippen MR) is 77.6 cm³/mol. The van der Waals surface area contributed by atoms with Gasteiger partial charge in [-0.3, -0.25) is 4.79 Å². The van der Waals surface area contributed by atoms with Gasteiger partial charge in [-0.2, -0.15) is 5.10 Å². The summed E-state index contributed by atoms with van der Waals surface area (Å²) in [6.45, 7) is 6.79. The SMILES string of the molecule is CCN1C(=O)CCC12CCN(c1ccc(C)nn1)CC2. The van der Waals surface area contributed by atoms with Crippen molar-refractivity contribution in [3.63, 3.8) is 0 Å². The lowest BCUT2D eigenvalue weighted by Crippen LogP contribution is -2.53. The summed E-state index contributed by atoms with van der Waals surface area (Å²) < 4.78 is 0. The van der Waals surface area contributed by atoms with E-state index in [1.165, 1.54) is 0 Å². The summed E-state index contributed by atoms with van der Waals surface area (Å²) in [5.74, 6) is 1.29. The fourth-order valence-electron chi connectivity index (χ4n) is 3.62. The molecule has 0 radical (unpaired) electrons. The van der Waals surface area contributed by atoms with Crippen molar-refractivity contribution in [1.82, 2.24) is 15.1 Å². The first-order valence-corrected chi connectivity index (χ1v) is 7.50. The molecule has 2 aliphatic rings. The van der Waals surface area contributed by atoms with Crippen molar-refractivity contribution in [2.45, 2.75) is 45.1 Å². The van der Waals surface area contributed by atoms with E-state index in [2.05, 4.69) is 26.9 Å². The molecule has 0 aliphatic carbocycles. The normalized spacial score (nSPS) is 21.8. The van der Waals surface area contributed by atoms with E-state index in [0.717, 1.165) is 56.8 Å². The molecule has 1 aromatic heterocycles. The Bertz CT molecular complexity index is 491. The van der Waals surface area contributed by atoms with Crippen molar-refractivity contribution in [2.24, 2.45) is 0 Å². The molecule has 1 amide bonds. The van der Waals surface area contributed by atoms with Crippen molar-refractivity contribution in [1.29, 1.82) is 0 Å². The molecule has 3 rings (SSSR count). The Labute approximate surface area is 120 Å². The lowest BCUT2D eigenvalue weighted by Gasteiger charge is -2.44. The predicted octanol–water partition coefficient (Wildman–Crippen LogP) is 1.77. The molecule has 5 nitrogen and oxygen atoms in total. The maximum Gasteiger partial charge on any atom is 0.223 e. The standard InChI is InChI=1S/C15H22N4O/c1-3-19-14(20)6-7-15(19)8-10-18(11-9-15)13-5-4-12(2)16-17-13/h4-5H,3,6-11H2,1-2H3. The Kier molecular flexibility index (Phi) is 3.36. The Morgan fingerprint density at radius 2 is 1.95 bits per heavy atom. The van der Waals surface area contributed by atoms with Crippen LogP contribution >= 0.6 is 0 Å². The van der Waals surface area contributed by atoms with Crippen LogP contribution < -0.4 is 4.90 Å². The maximum absolute atomic E-state index is 12.0. The van der Waals surface area contributed by atoms with Crippen molar-refractivity contribution >= 4 is 11.7 Å². The monoisotopic (exact) mass is 274 g/mol. The van der Waals surface area contributed by atoms with Gasteiger partial charge >= 0.3 is 0 Å². The molecule has 0 atom stereocenters. The van der Waals surface area contributed by atoms with E-state index < -0.39 is 0 Å². The number of aromatic nitrogens is 2. The molecule has 0 saturated carbocycles. The van der Waals surface area contributed by atoms with Crippen LogP contribution in [0.15, 0.2) is 12.1 Å². The number of carbonyl (C=O) groups excluding carboxylic acids is 1. The van der Waals surface area contributed by atoms with Crippen LogP contribution in [0.3, 0.4) is 0 Å². The number of amides is 1. The van der Waals surface area contributed by atoms with Gasteiger partial charge in [0.25, 0.3) is 0 Å². The summed E-state index contributed by atoms with van der Waals surface area (Å²) in [6, 6.07) is 4.04. The molecule has 5 heteroatoms. The Hall–Kier alpha value is -1.65. The lowest BCUT2D eigenvalue weighted by molar-refractivity contribution is -0.131. The molecule has 0 bridgehead atoms. The molecule has 3 heterocycles. The van der Waals surface area contributed by atoms with Crippen molar-refractivity contribution in [3.05, 3.63) is 17.8 Å². The average Bonchev–Trinajstić information content (AvgIpc) is 2.77. The summed E-state index contributed by atoms with van der Waals surface area (Å²) in [4.78, 5) is 16.3. The smallest absolute Gasteiger partial charge is 0.223 e. The minimum absolute atomic E-state index is 0.112. The lowest BCUT2D eigenvalue weighted by atomic mass is 9.85. The van der Waals surface area contributed by atoms with Gasteiger partial charge in [0.15, 0.2) is 5.82 Å². The number of piperidine rings is 1. The van der Waals surface area contributed by atoms with Gasteiger partial charge in [0.1, 0.15) is 0 Å². The van der Waals surface area contributed by atoms with Crippen molar-refractivity contribution < 1.29 is 4.79 Å². The van der Waals surface area contributed by atoms with Gasteiger partial charge in [0, 0.05) is 31.6 Å². The highest BCUT2D eigenvalue weighted by Crippen LogP contribution is 2.39. The molecule has 1 aromatic rings. The zero-order valence-electron chi connectivity index (χ0n) is 12.3. The van der Waals surface area contributed by atoms with Crippen molar-refractivity contribution in [3.8, 4) is 0 Å². The first kappa shape index (κ1) is 13.3. The third-order valence-corrected chi connectivity index (χ3v) is 4.80. The fraction of sp³-hybridized carbons (Fsp3) is 0.667. The highest BCUT2D eigenvalue weighted by Gasteiger charge is 2.46. The van der Waals surface area contributed by atoms with E-state index in [1.54, 1.807) is 0 Å². The highest BCUT2D eigenvalue weighted by molar-refractivity contribution is 5.79. The summed E-state index contributed by atoms with van der Waals surface area (Å²) in [6.07, 6.45) is 3.83. The molecule has 2 fully saturated rings. The van der Waals surface area contributed by atoms with Crippen LogP contribution in [0.4, 0.5) is 5.82 Å². The number of hydrogen-bond donors (Lipinski definition) is 0. The molecule has 2 aliphatic heterocycles. The number of carbonyl (C=O) groups is 1. The van der Waals surface area contributed by atoms with Gasteiger partial charge in [-0.05, 0) is 45.2 Å². The minimum Gasteiger partial charge on any atom is -0.355 e. The topological polar surface area (TPSA) is 49.3 Å². The molecular weight excluding hydrogens is 252 g/mol. The number of hydrogen-bond acceptors (Lipinski definition) is 4. The molecular formula is C15H22N4O. The third-order valence-electron chi connectivity index (χ3n) is 4.80. The number of anilines is 1. The maximum atomic E-state index is 12.0. The second-order valence-electron chi connectivity index (χ2n) is 5.88. The number of rotatable bonds is 2. The zero-order chi connectivity index (χ0) is 14.2. The van der Waals surface area contributed by atoms with E-state index in [0.29, 0.717) is 5.91 Å². The van der Waals surface area contributed by atoms with Gasteiger partial charge in [0.05, 0.1) is 5.69 Å². The first-order chi connectivity index (χ1) is 9.64. The van der Waals surface area contributed by atoms with E-state index in [4.69, 9.17) is 0 Å². The van der Waals surface area contributed by atoms with Crippen LogP contribution in [-0.4, -0.2) is 46.2 Å². The van der Waals surface area contributed by atoms with Crippen LogP contribution in [0.5, 0.6) is 0 Å². The quantitative estimate of drug-likeness (QED) is 0.824. The molecule has 0 N–H and O–H groups in total. The zero-order valence-corrected chi connectivity index (χ0v) is 12.3. The van der Waals surface area contributed by atoms with Crippen LogP contribution in [-0.2, 0) is 4.79 Å². The minimum atomic E-state index is 0.112. The van der Waals surface area contributed by atoms with Gasteiger partial charge in [-0.1, -0.05) is 0 Å². The van der Waals surface area contributed by atoms with Crippen LogP contribution in [0, 0.1) is 6.92 Å². The fourth-order valence-corrected chi connectivity index (χ4v) is 3.62. The van der Waals surface area contributed by atoms with E-state index in [-0.39, 0.29) is 5.54 Å². The Morgan fingerprint density at radius 3 is 2.55 bits per heavy atom. The van der Waals surface area contributed by atoms with E-state index >= 15 is 0 Å². The molecule has 20 heavy (non-hydrogen) atoms. The van der Waals surface area contributed by atoms with Gasteiger partial charge in [-0.25, -0.2) is 0 Å². The van der Waals surface area contributed by atoms with E-state index in [9.17, 15) is 4.79 Å². The summed E-state index contributed by atoms with van der Waals surface area (Å²) in [7, 11) is 0. The number of likely N-dealkylation sites (tertiary alicyclic amines) is 1. The Morgan fingerprint density at radius 1 is 1.20 bits per heavy atom. The molecule has 0 aromatic carbocycles. The summed E-state index contributed by atoms with van der Waals surface area (Å²) >= 11 is 0. The van der Waals surface area contributed by atoms with Crippen molar-refractivity contribution in [2.75, 3.05) is 24.5 Å². The highest BCUT2D eigenvalue weighted by atomic mass is 16.2. The number of nitrogens with zero attached hydrogens (tertiary/aromatic N) is 4. The summed E-state index contributed by atoms with van der Waals surface area (Å²) in [5, 5.41) is 8.40. The second-order valence-corrected chi connectivity index (χ2v) is 5.88. The van der Waals surface area contributed by atoms with Gasteiger partial charge in [-0.15, -0.1) is 5.10 Å². The van der Waals surface area contributed by atoms with Crippen LogP contribution in [0.1, 0.15) is 38.3 Å². The molecule has 2 saturated heterocycles. The first-order valence-electron chi connectivity index (χ1n) is 7.50. The van der Waals surface area contributed by atoms with Gasteiger partial charge in [0.2, 0.25) is 5.91 Å². The molecule has 1 spiro atoms. The van der Waals surface area contributed by atoms with Crippen LogP contribution in [0.25, 0.3) is 0 Å². The number of aryl methyl sites for hydroxylation is 1. The second kappa shape index (κ2) is 5.04. The molecule has 108 valence electrons. The van der Waals surface area contributed by atoms with E-state index in [1.807, 2.05) is 19.1 Å². The summed E-state index contributed by atoms with van der Waals surface area (Å²) in [5.41, 5.74) is 1.06. The largest absolute Gasteiger partial charge is 0.355 e. The third kappa shape index (κ3) is 2.15. The van der Waals surface area contributed by atoms with Gasteiger partial charge < -0.3 is 9.80 Å². The molecule has 0 unspecified atom stereocenters. The Balaban J connectivity index is 1.70. The average molecular weight is 274 g/mol.